The van der Waals surface area contributed by atoms with Crippen molar-refractivity contribution in [3.05, 3.63) is 42.7 Å². The van der Waals surface area contributed by atoms with Gasteiger partial charge in [-0.25, -0.2) is 9.66 Å². The first-order chi connectivity index (χ1) is 6.86. The van der Waals surface area contributed by atoms with Gasteiger partial charge in [-0.2, -0.15) is 0 Å². The van der Waals surface area contributed by atoms with E-state index in [0.717, 1.165) is 16.4 Å². The maximum atomic E-state index is 5.72. The molecule has 0 radical (unpaired) electrons. The summed E-state index contributed by atoms with van der Waals surface area (Å²) < 4.78 is 1.54. The maximum Gasteiger partial charge on any atom is 0.115 e. The van der Waals surface area contributed by atoms with E-state index >= 15 is 0 Å². The summed E-state index contributed by atoms with van der Waals surface area (Å²) in [5.74, 6) is 5.72. The molecule has 68 valence electrons. The van der Waals surface area contributed by atoms with E-state index in [1.54, 1.807) is 11.0 Å². The summed E-state index contributed by atoms with van der Waals surface area (Å²) in [5.41, 5.74) is 1.93. The highest BCUT2D eigenvalue weighted by Gasteiger charge is 2.03. The van der Waals surface area contributed by atoms with Crippen LogP contribution in [0.3, 0.4) is 0 Å². The molecule has 0 aliphatic rings. The minimum absolute atomic E-state index is 0.962. The van der Waals surface area contributed by atoms with Gasteiger partial charge in [0.2, 0.25) is 0 Å². The van der Waals surface area contributed by atoms with E-state index in [4.69, 9.17) is 5.84 Å². The van der Waals surface area contributed by atoms with Crippen LogP contribution in [0.25, 0.3) is 21.8 Å². The van der Waals surface area contributed by atoms with Gasteiger partial charge in [-0.05, 0) is 11.5 Å². The number of nitrogen functional groups attached to an aromatic ring is 1. The minimum atomic E-state index is 0.962. The molecule has 0 saturated carbocycles. The predicted molar refractivity (Wildman–Crippen MR) is 57.4 cm³/mol. The normalized spacial score (nSPS) is 11.1. The van der Waals surface area contributed by atoms with Crippen LogP contribution >= 0.6 is 0 Å². The van der Waals surface area contributed by atoms with E-state index in [1.165, 1.54) is 5.39 Å². The Morgan fingerprint density at radius 3 is 2.86 bits per heavy atom. The molecule has 0 unspecified atom stereocenters. The maximum absolute atomic E-state index is 5.72. The van der Waals surface area contributed by atoms with E-state index in [0.29, 0.717) is 0 Å². The molecule has 3 nitrogen and oxygen atoms in total. The fourth-order valence-corrected chi connectivity index (χ4v) is 1.77. The average molecular weight is 183 g/mol. The van der Waals surface area contributed by atoms with E-state index in [9.17, 15) is 0 Å². The van der Waals surface area contributed by atoms with Crippen LogP contribution < -0.4 is 5.84 Å². The lowest BCUT2D eigenvalue weighted by Crippen LogP contribution is -2.04. The largest absolute Gasteiger partial charge is 0.338 e. The van der Waals surface area contributed by atoms with Crippen molar-refractivity contribution in [3.8, 4) is 0 Å². The van der Waals surface area contributed by atoms with Crippen LogP contribution in [0.2, 0.25) is 0 Å². The van der Waals surface area contributed by atoms with Crippen molar-refractivity contribution in [1.29, 1.82) is 0 Å². The van der Waals surface area contributed by atoms with Crippen molar-refractivity contribution in [2.45, 2.75) is 0 Å². The van der Waals surface area contributed by atoms with Crippen molar-refractivity contribution in [2.24, 2.45) is 0 Å². The number of hydrogen-bond donors (Lipinski definition) is 1. The molecule has 0 aliphatic carbocycles. The minimum Gasteiger partial charge on any atom is -0.338 e. The molecule has 0 atom stereocenters. The molecule has 0 saturated heterocycles. The van der Waals surface area contributed by atoms with Gasteiger partial charge in [0.15, 0.2) is 0 Å². The first-order valence-corrected chi connectivity index (χ1v) is 4.46. The second kappa shape index (κ2) is 2.48. The Bertz CT molecular complexity index is 610. The Morgan fingerprint density at radius 2 is 1.93 bits per heavy atom. The van der Waals surface area contributed by atoms with Crippen molar-refractivity contribution in [3.63, 3.8) is 0 Å². The van der Waals surface area contributed by atoms with Crippen LogP contribution in [-0.2, 0) is 0 Å². The number of fused-ring (bicyclic) bond motifs is 3. The van der Waals surface area contributed by atoms with Crippen LogP contribution in [0.4, 0.5) is 0 Å². The number of hydrogen-bond acceptors (Lipinski definition) is 2. The zero-order chi connectivity index (χ0) is 9.54. The quantitative estimate of drug-likeness (QED) is 0.541. The topological polar surface area (TPSA) is 43.8 Å². The van der Waals surface area contributed by atoms with Crippen molar-refractivity contribution >= 4 is 21.8 Å². The molecule has 2 N–H and O–H groups in total. The molecule has 0 bridgehead atoms. The third-order valence-corrected chi connectivity index (χ3v) is 2.47. The Hall–Kier alpha value is -2.03. The number of aromatic nitrogens is 2. The standard InChI is InChI=1S/C11H9N3/c12-14-7-13-11-9-4-2-1-3-8(9)5-6-10(11)14/h1-7H,12H2. The average Bonchev–Trinajstić information content (AvgIpc) is 2.61. The third-order valence-electron chi connectivity index (χ3n) is 2.47. The van der Waals surface area contributed by atoms with E-state index in [-0.39, 0.29) is 0 Å². The molecular formula is C11H9N3. The molecule has 14 heavy (non-hydrogen) atoms. The van der Waals surface area contributed by atoms with Crippen LogP contribution in [0.1, 0.15) is 0 Å². The number of rotatable bonds is 0. The number of benzene rings is 2. The van der Waals surface area contributed by atoms with Crippen LogP contribution in [0, 0.1) is 0 Å². The zero-order valence-corrected chi connectivity index (χ0v) is 7.51. The fourth-order valence-electron chi connectivity index (χ4n) is 1.77. The lowest BCUT2D eigenvalue weighted by atomic mass is 10.1. The Balaban J connectivity index is 2.61. The van der Waals surface area contributed by atoms with E-state index in [2.05, 4.69) is 23.2 Å². The van der Waals surface area contributed by atoms with Crippen LogP contribution in [0.5, 0.6) is 0 Å². The lowest BCUT2D eigenvalue weighted by Gasteiger charge is -1.98. The molecule has 0 amide bonds. The zero-order valence-electron chi connectivity index (χ0n) is 7.51. The molecule has 3 rings (SSSR count). The summed E-state index contributed by atoms with van der Waals surface area (Å²) in [7, 11) is 0. The first kappa shape index (κ1) is 7.38. The Labute approximate surface area is 80.7 Å². The lowest BCUT2D eigenvalue weighted by molar-refractivity contribution is 1.04. The SMILES string of the molecule is Nn1cnc2c3ccccc3ccc21. The van der Waals surface area contributed by atoms with E-state index < -0.39 is 0 Å². The molecule has 1 heterocycles. The van der Waals surface area contributed by atoms with E-state index in [1.807, 2.05) is 18.2 Å². The number of imidazole rings is 1. The fraction of sp³-hybridized carbons (Fsp3) is 0. The summed E-state index contributed by atoms with van der Waals surface area (Å²) >= 11 is 0. The van der Waals surface area contributed by atoms with Crippen molar-refractivity contribution < 1.29 is 0 Å². The second-order valence-electron chi connectivity index (χ2n) is 3.31. The molecule has 3 heteroatoms. The second-order valence-corrected chi connectivity index (χ2v) is 3.31. The first-order valence-electron chi connectivity index (χ1n) is 4.46. The summed E-state index contributed by atoms with van der Waals surface area (Å²) in [6.45, 7) is 0. The molecule has 0 spiro atoms. The molecule has 3 aromatic rings. The van der Waals surface area contributed by atoms with Gasteiger partial charge in [0.1, 0.15) is 6.33 Å². The highest BCUT2D eigenvalue weighted by atomic mass is 15.3. The summed E-state index contributed by atoms with van der Waals surface area (Å²) in [6.07, 6.45) is 1.64. The highest BCUT2D eigenvalue weighted by molar-refractivity contribution is 6.04. The van der Waals surface area contributed by atoms with Gasteiger partial charge in [-0.1, -0.05) is 30.3 Å². The van der Waals surface area contributed by atoms with Gasteiger partial charge in [0, 0.05) is 5.39 Å². The number of nitrogens with zero attached hydrogens (tertiary/aromatic N) is 2. The van der Waals surface area contributed by atoms with Crippen LogP contribution in [-0.4, -0.2) is 9.66 Å². The van der Waals surface area contributed by atoms with Crippen molar-refractivity contribution in [2.75, 3.05) is 5.84 Å². The van der Waals surface area contributed by atoms with Gasteiger partial charge in [-0.3, -0.25) is 0 Å². The van der Waals surface area contributed by atoms with Gasteiger partial charge in [0.25, 0.3) is 0 Å². The summed E-state index contributed by atoms with van der Waals surface area (Å²) in [4.78, 5) is 4.28. The monoisotopic (exact) mass is 183 g/mol. The van der Waals surface area contributed by atoms with Crippen molar-refractivity contribution in [1.82, 2.24) is 9.66 Å². The summed E-state index contributed by atoms with van der Waals surface area (Å²) in [5, 5.41) is 2.34. The van der Waals surface area contributed by atoms with Gasteiger partial charge < -0.3 is 5.84 Å². The predicted octanol–water partition coefficient (Wildman–Crippen LogP) is 1.90. The molecule has 0 aliphatic heterocycles. The molecule has 1 aromatic heterocycles. The van der Waals surface area contributed by atoms with Gasteiger partial charge >= 0.3 is 0 Å². The highest BCUT2D eigenvalue weighted by Crippen LogP contribution is 2.22. The molecule has 0 fully saturated rings. The molecule has 2 aromatic carbocycles. The molecular weight excluding hydrogens is 174 g/mol. The number of nitrogens with two attached hydrogens (primary N) is 1. The Kier molecular flexibility index (Phi) is 1.31. The van der Waals surface area contributed by atoms with Gasteiger partial charge in [-0.15, -0.1) is 0 Å². The smallest absolute Gasteiger partial charge is 0.115 e. The van der Waals surface area contributed by atoms with Gasteiger partial charge in [0.05, 0.1) is 11.0 Å². The van der Waals surface area contributed by atoms with Crippen LogP contribution in [0.15, 0.2) is 42.7 Å². The third kappa shape index (κ3) is 0.836. The Morgan fingerprint density at radius 1 is 1.07 bits per heavy atom. The summed E-state index contributed by atoms with van der Waals surface area (Å²) in [6, 6.07) is 12.2.